The third-order valence-electron chi connectivity index (χ3n) is 5.32. The molecule has 1 atom stereocenters. The number of hydrogen-bond donors (Lipinski definition) is 2. The fourth-order valence-electron chi connectivity index (χ4n) is 3.64. The molecule has 1 aliphatic rings. The lowest BCUT2D eigenvalue weighted by Crippen LogP contribution is -2.12. The highest BCUT2D eigenvalue weighted by atomic mass is 16.5. The van der Waals surface area contributed by atoms with Gasteiger partial charge in [0, 0.05) is 35.9 Å². The second kappa shape index (κ2) is 8.81. The van der Waals surface area contributed by atoms with Crippen LogP contribution in [0.1, 0.15) is 17.6 Å². The molecule has 0 saturated heterocycles. The van der Waals surface area contributed by atoms with E-state index >= 15 is 0 Å². The molecule has 0 bridgehead atoms. The smallest absolute Gasteiger partial charge is 0.212 e. The molecule has 4 aromatic rings. The third kappa shape index (κ3) is 4.11. The van der Waals surface area contributed by atoms with Crippen molar-refractivity contribution in [1.29, 1.82) is 0 Å². The van der Waals surface area contributed by atoms with Crippen LogP contribution in [0.15, 0.2) is 98.0 Å². The second-order valence-electron chi connectivity index (χ2n) is 7.41. The first kappa shape index (κ1) is 19.6. The van der Waals surface area contributed by atoms with Crippen molar-refractivity contribution in [2.75, 3.05) is 0 Å². The van der Waals surface area contributed by atoms with Crippen molar-refractivity contribution in [2.45, 2.75) is 12.8 Å². The third-order valence-corrected chi connectivity index (χ3v) is 5.32. The number of nitrogens with two attached hydrogens (primary N) is 1. The van der Waals surface area contributed by atoms with E-state index in [1.807, 2.05) is 24.5 Å². The monoisotopic (exact) mass is 422 g/mol. The number of nitrogens with zero attached hydrogens (tertiary/aromatic N) is 2. The number of hydrogen-bond acceptors (Lipinski definition) is 6. The Balaban J connectivity index is 1.35. The van der Waals surface area contributed by atoms with Crippen LogP contribution in [0, 0.1) is 0 Å². The maximum Gasteiger partial charge on any atom is 0.212 e. The van der Waals surface area contributed by atoms with Gasteiger partial charge in [0.25, 0.3) is 0 Å². The Bertz CT molecular complexity index is 1270. The van der Waals surface area contributed by atoms with Crippen molar-refractivity contribution in [3.8, 4) is 22.3 Å². The first-order valence-electron chi connectivity index (χ1n) is 10.3. The SMILES string of the molecule is N/C=C\OCc1ccc(-c2ccc3cc(-c4ccc(C5NC=CO5)nc4)ccc3c2)cn1. The lowest BCUT2D eigenvalue weighted by Gasteiger charge is -2.11. The highest BCUT2D eigenvalue weighted by molar-refractivity contribution is 5.90. The fourth-order valence-corrected chi connectivity index (χ4v) is 3.64. The Morgan fingerprint density at radius 1 is 0.875 bits per heavy atom. The van der Waals surface area contributed by atoms with Gasteiger partial charge in [-0.2, -0.15) is 0 Å². The normalized spacial score (nSPS) is 15.1. The molecule has 6 heteroatoms. The summed E-state index contributed by atoms with van der Waals surface area (Å²) in [6, 6.07) is 21.0. The summed E-state index contributed by atoms with van der Waals surface area (Å²) >= 11 is 0. The highest BCUT2D eigenvalue weighted by Gasteiger charge is 2.14. The lowest BCUT2D eigenvalue weighted by molar-refractivity contribution is 0.150. The molecule has 0 radical (unpaired) electrons. The van der Waals surface area contributed by atoms with Gasteiger partial charge >= 0.3 is 0 Å². The van der Waals surface area contributed by atoms with E-state index < -0.39 is 0 Å². The molecule has 2 aromatic carbocycles. The van der Waals surface area contributed by atoms with Gasteiger partial charge in [-0.25, -0.2) is 0 Å². The van der Waals surface area contributed by atoms with Crippen LogP contribution in [-0.2, 0) is 16.1 Å². The van der Waals surface area contributed by atoms with Crippen molar-refractivity contribution in [2.24, 2.45) is 5.73 Å². The van der Waals surface area contributed by atoms with Gasteiger partial charge in [0.2, 0.25) is 6.23 Å². The Morgan fingerprint density at radius 2 is 1.56 bits per heavy atom. The van der Waals surface area contributed by atoms with E-state index in [0.717, 1.165) is 33.6 Å². The molecule has 3 N–H and O–H groups in total. The van der Waals surface area contributed by atoms with Crippen LogP contribution >= 0.6 is 0 Å². The lowest BCUT2D eigenvalue weighted by atomic mass is 9.98. The summed E-state index contributed by atoms with van der Waals surface area (Å²) in [7, 11) is 0. The minimum atomic E-state index is -0.210. The maximum absolute atomic E-state index is 5.45. The molecule has 0 fully saturated rings. The number of aromatic nitrogens is 2. The molecular weight excluding hydrogens is 400 g/mol. The molecule has 1 aliphatic heterocycles. The van der Waals surface area contributed by atoms with E-state index in [0.29, 0.717) is 6.61 Å². The maximum atomic E-state index is 5.45. The Morgan fingerprint density at radius 3 is 2.12 bits per heavy atom. The Hall–Kier alpha value is -4.32. The van der Waals surface area contributed by atoms with Crippen LogP contribution in [0.5, 0.6) is 0 Å². The summed E-state index contributed by atoms with van der Waals surface area (Å²) in [4.78, 5) is 9.02. The van der Waals surface area contributed by atoms with Crippen molar-refractivity contribution < 1.29 is 9.47 Å². The summed E-state index contributed by atoms with van der Waals surface area (Å²) in [5.41, 5.74) is 11.3. The molecule has 2 aromatic heterocycles. The topological polar surface area (TPSA) is 82.3 Å². The molecule has 0 saturated carbocycles. The van der Waals surface area contributed by atoms with Crippen LogP contribution in [0.4, 0.5) is 0 Å². The van der Waals surface area contributed by atoms with Gasteiger partial charge in [0.15, 0.2) is 0 Å². The van der Waals surface area contributed by atoms with Gasteiger partial charge in [0.1, 0.15) is 18.6 Å². The first-order chi connectivity index (χ1) is 15.8. The fraction of sp³-hybridized carbons (Fsp3) is 0.0769. The highest BCUT2D eigenvalue weighted by Crippen LogP contribution is 2.29. The summed E-state index contributed by atoms with van der Waals surface area (Å²) < 4.78 is 10.7. The summed E-state index contributed by atoms with van der Waals surface area (Å²) in [5.74, 6) is 0. The summed E-state index contributed by atoms with van der Waals surface area (Å²) in [6.07, 6.45) is 9.77. The zero-order valence-corrected chi connectivity index (χ0v) is 17.3. The number of fused-ring (bicyclic) bond motifs is 1. The van der Waals surface area contributed by atoms with Gasteiger partial charge in [0.05, 0.1) is 12.0 Å². The van der Waals surface area contributed by atoms with Gasteiger partial charge in [-0.3, -0.25) is 9.97 Å². The van der Waals surface area contributed by atoms with Crippen LogP contribution in [0.2, 0.25) is 0 Å². The van der Waals surface area contributed by atoms with Gasteiger partial charge in [-0.05, 0) is 46.2 Å². The average molecular weight is 422 g/mol. The zero-order chi connectivity index (χ0) is 21.8. The minimum Gasteiger partial charge on any atom is -0.493 e. The van der Waals surface area contributed by atoms with E-state index in [-0.39, 0.29) is 6.23 Å². The predicted molar refractivity (Wildman–Crippen MR) is 125 cm³/mol. The molecular formula is C26H22N4O2. The van der Waals surface area contributed by atoms with Crippen molar-refractivity contribution in [1.82, 2.24) is 15.3 Å². The largest absolute Gasteiger partial charge is 0.493 e. The Kier molecular flexibility index (Phi) is 5.41. The van der Waals surface area contributed by atoms with E-state index in [1.54, 1.807) is 12.5 Å². The number of ether oxygens (including phenoxy) is 2. The molecule has 32 heavy (non-hydrogen) atoms. The Labute approximate surface area is 186 Å². The van der Waals surface area contributed by atoms with Gasteiger partial charge < -0.3 is 20.5 Å². The number of rotatable bonds is 6. The first-order valence-corrected chi connectivity index (χ1v) is 10.3. The van der Waals surface area contributed by atoms with E-state index in [9.17, 15) is 0 Å². The van der Waals surface area contributed by atoms with E-state index in [1.165, 1.54) is 23.2 Å². The van der Waals surface area contributed by atoms with E-state index in [2.05, 4.69) is 63.8 Å². The van der Waals surface area contributed by atoms with Gasteiger partial charge in [-0.15, -0.1) is 0 Å². The minimum absolute atomic E-state index is 0.210. The molecule has 158 valence electrons. The standard InChI is InChI=1S/C26H22N4O2/c27-9-11-31-17-24-7-5-22(15-29-24)20-3-1-19-14-21(4-2-18(19)13-20)23-6-8-25(30-16-23)26-28-10-12-32-26/h1-16,26,28H,17,27H2/b11-9-. The second-order valence-corrected chi connectivity index (χ2v) is 7.41. The summed E-state index contributed by atoms with van der Waals surface area (Å²) in [5, 5.41) is 5.45. The molecule has 0 amide bonds. The zero-order valence-electron chi connectivity index (χ0n) is 17.3. The van der Waals surface area contributed by atoms with Gasteiger partial charge in [-0.1, -0.05) is 36.4 Å². The molecule has 1 unspecified atom stereocenters. The van der Waals surface area contributed by atoms with Crippen molar-refractivity contribution in [3.63, 3.8) is 0 Å². The molecule has 0 spiro atoms. The number of pyridine rings is 2. The van der Waals surface area contributed by atoms with Crippen molar-refractivity contribution >= 4 is 10.8 Å². The molecule has 3 heterocycles. The quantitative estimate of drug-likeness (QED) is 0.426. The van der Waals surface area contributed by atoms with E-state index in [4.69, 9.17) is 15.2 Å². The predicted octanol–water partition coefficient (Wildman–Crippen LogP) is 5.00. The summed E-state index contributed by atoms with van der Waals surface area (Å²) in [6.45, 7) is 0.394. The number of nitrogens with one attached hydrogen (secondary N) is 1. The van der Waals surface area contributed by atoms with Crippen LogP contribution in [0.3, 0.4) is 0 Å². The van der Waals surface area contributed by atoms with Crippen LogP contribution < -0.4 is 11.1 Å². The van der Waals surface area contributed by atoms with Crippen LogP contribution in [-0.4, -0.2) is 9.97 Å². The molecule has 0 aliphatic carbocycles. The van der Waals surface area contributed by atoms with Crippen LogP contribution in [0.25, 0.3) is 33.0 Å². The van der Waals surface area contributed by atoms with Crippen molar-refractivity contribution in [3.05, 3.63) is 109 Å². The number of benzene rings is 2. The molecule has 5 rings (SSSR count). The molecule has 6 nitrogen and oxygen atoms in total. The average Bonchev–Trinajstić information content (AvgIpc) is 3.39.